The van der Waals surface area contributed by atoms with Gasteiger partial charge in [0.2, 0.25) is 0 Å². The van der Waals surface area contributed by atoms with Crippen molar-refractivity contribution in [2.75, 3.05) is 7.11 Å². The molecule has 9 nitrogen and oxygen atoms in total. The van der Waals surface area contributed by atoms with Crippen LogP contribution in [0.5, 0.6) is 5.75 Å². The largest absolute Gasteiger partial charge is 0.494 e. The number of rotatable bonds is 8. The maximum atomic E-state index is 13.6. The second-order valence-electron chi connectivity index (χ2n) is 11.0. The molecule has 1 amide bonds. The quantitative estimate of drug-likeness (QED) is 0.283. The van der Waals surface area contributed by atoms with E-state index in [1.807, 2.05) is 36.4 Å². The van der Waals surface area contributed by atoms with Gasteiger partial charge in [-0.1, -0.05) is 43.9 Å². The van der Waals surface area contributed by atoms with Gasteiger partial charge in [0.1, 0.15) is 29.7 Å². The number of nitrogens with one attached hydrogen (secondary N) is 1. The second kappa shape index (κ2) is 10.3. The van der Waals surface area contributed by atoms with E-state index in [9.17, 15) is 14.9 Å². The number of aromatic nitrogens is 3. The van der Waals surface area contributed by atoms with Crippen molar-refractivity contribution in [3.63, 3.8) is 0 Å². The maximum absolute atomic E-state index is 13.6. The summed E-state index contributed by atoms with van der Waals surface area (Å²) in [4.78, 5) is 31.1. The minimum absolute atomic E-state index is 0.0246. The monoisotopic (exact) mass is 537 g/mol. The molecule has 2 fully saturated rings. The first-order valence-electron chi connectivity index (χ1n) is 13.8. The number of Topliss-reactive ketones (excluding diaryl/α,β-unsaturated/α-hetero) is 1. The predicted octanol–water partition coefficient (Wildman–Crippen LogP) is 5.77. The van der Waals surface area contributed by atoms with Crippen LogP contribution >= 0.6 is 0 Å². The number of furan rings is 1. The molecule has 40 heavy (non-hydrogen) atoms. The summed E-state index contributed by atoms with van der Waals surface area (Å²) in [6, 6.07) is 15.6. The molecular weight excluding hydrogens is 506 g/mol. The normalized spacial score (nSPS) is 17.5. The number of benzene rings is 2. The summed E-state index contributed by atoms with van der Waals surface area (Å²) in [7, 11) is 1.61. The molecule has 0 unspecified atom stereocenters. The van der Waals surface area contributed by atoms with E-state index in [1.165, 1.54) is 6.33 Å². The first-order chi connectivity index (χ1) is 19.4. The molecule has 0 saturated heterocycles. The van der Waals surface area contributed by atoms with Crippen molar-refractivity contribution in [1.29, 1.82) is 5.26 Å². The smallest absolute Gasteiger partial charge is 0.287 e. The fourth-order valence-electron chi connectivity index (χ4n) is 5.74. The van der Waals surface area contributed by atoms with E-state index in [-0.39, 0.29) is 18.0 Å². The van der Waals surface area contributed by atoms with Gasteiger partial charge < -0.3 is 14.5 Å². The van der Waals surface area contributed by atoms with Crippen LogP contribution in [0.4, 0.5) is 0 Å². The Morgan fingerprint density at radius 3 is 2.48 bits per heavy atom. The minimum atomic E-state index is -0.952. The van der Waals surface area contributed by atoms with Gasteiger partial charge in [-0.25, -0.2) is 9.67 Å². The third kappa shape index (κ3) is 4.86. The summed E-state index contributed by atoms with van der Waals surface area (Å²) >= 11 is 0. The summed E-state index contributed by atoms with van der Waals surface area (Å²) in [5.41, 5.74) is 1.66. The molecule has 0 spiro atoms. The highest BCUT2D eigenvalue weighted by molar-refractivity contribution is 6.01. The number of nitrogens with zero attached hydrogens (tertiary/aromatic N) is 4. The Kier molecular flexibility index (Phi) is 6.62. The van der Waals surface area contributed by atoms with E-state index in [0.29, 0.717) is 24.2 Å². The van der Waals surface area contributed by atoms with Crippen molar-refractivity contribution in [3.8, 4) is 28.6 Å². The summed E-state index contributed by atoms with van der Waals surface area (Å²) < 4.78 is 13.3. The molecule has 0 aliphatic heterocycles. The van der Waals surface area contributed by atoms with Crippen LogP contribution in [0.15, 0.2) is 59.5 Å². The molecule has 2 saturated carbocycles. The maximum Gasteiger partial charge on any atom is 0.287 e. The average molecular weight is 538 g/mol. The molecule has 4 aromatic rings. The molecule has 2 aromatic heterocycles. The topological polar surface area (TPSA) is 123 Å². The van der Waals surface area contributed by atoms with Crippen LogP contribution in [0.1, 0.15) is 68.3 Å². The minimum Gasteiger partial charge on any atom is -0.494 e. The van der Waals surface area contributed by atoms with Crippen LogP contribution in [-0.2, 0) is 4.79 Å². The Morgan fingerprint density at radius 1 is 1.05 bits per heavy atom. The fourth-order valence-corrected chi connectivity index (χ4v) is 5.74. The van der Waals surface area contributed by atoms with Crippen molar-refractivity contribution in [2.45, 2.75) is 63.3 Å². The van der Waals surface area contributed by atoms with Crippen LogP contribution in [0.25, 0.3) is 27.8 Å². The highest BCUT2D eigenvalue weighted by atomic mass is 16.5. The van der Waals surface area contributed by atoms with E-state index in [4.69, 9.17) is 9.15 Å². The van der Waals surface area contributed by atoms with Crippen LogP contribution in [-0.4, -0.2) is 39.1 Å². The van der Waals surface area contributed by atoms with E-state index in [1.54, 1.807) is 24.2 Å². The number of hydrogen-bond acceptors (Lipinski definition) is 7. The number of amides is 1. The van der Waals surface area contributed by atoms with Gasteiger partial charge in [0, 0.05) is 11.8 Å². The number of fused-ring (bicyclic) bond motifs is 1. The van der Waals surface area contributed by atoms with Gasteiger partial charge in [0.25, 0.3) is 5.91 Å². The van der Waals surface area contributed by atoms with E-state index in [0.717, 1.165) is 60.7 Å². The van der Waals surface area contributed by atoms with Gasteiger partial charge in [-0.3, -0.25) is 9.59 Å². The number of nitriles is 1. The first kappa shape index (κ1) is 25.8. The Bertz CT molecular complexity index is 1600. The highest BCUT2D eigenvalue weighted by Gasteiger charge is 2.50. The summed E-state index contributed by atoms with van der Waals surface area (Å²) in [6.45, 7) is 0. The summed E-state index contributed by atoms with van der Waals surface area (Å²) in [5.74, 6) is 0.395. The SMILES string of the molecule is COc1cc(-c2ccc3cc(C(=O)NC4(C(=O)CC5(C#N)CC5)CCCCCC4)oc3c2)ccc1-n1cncn1. The van der Waals surface area contributed by atoms with Crippen molar-refractivity contribution in [1.82, 2.24) is 20.1 Å². The zero-order valence-electron chi connectivity index (χ0n) is 22.5. The van der Waals surface area contributed by atoms with Gasteiger partial charge in [-0.05, 0) is 61.1 Å². The number of hydrogen-bond donors (Lipinski definition) is 1. The Hall–Kier alpha value is -4.45. The lowest BCUT2D eigenvalue weighted by Gasteiger charge is -2.33. The lowest BCUT2D eigenvalue weighted by Crippen LogP contribution is -2.54. The number of carbonyl (C=O) groups is 2. The molecule has 0 bridgehead atoms. The van der Waals surface area contributed by atoms with Crippen LogP contribution in [0.2, 0.25) is 0 Å². The number of carbonyl (C=O) groups excluding carboxylic acids is 2. The molecule has 204 valence electrons. The molecule has 2 aliphatic carbocycles. The lowest BCUT2D eigenvalue weighted by atomic mass is 9.81. The van der Waals surface area contributed by atoms with Gasteiger partial charge in [0.05, 0.1) is 24.1 Å². The standard InChI is InChI=1S/C31H31N5O4/c1-39-26-15-22(8-9-24(26)36-20-33-19-34-36)21-6-7-23-16-27(40-25(23)14-21)29(38)35-31(10-4-2-3-5-11-31)28(37)17-30(18-32)12-13-30/h6-9,14-16,19-20H,2-5,10-13,17H2,1H3,(H,35,38). The van der Waals surface area contributed by atoms with Crippen molar-refractivity contribution >= 4 is 22.7 Å². The highest BCUT2D eigenvalue weighted by Crippen LogP contribution is 2.49. The van der Waals surface area contributed by atoms with Crippen LogP contribution in [0.3, 0.4) is 0 Å². The Morgan fingerprint density at radius 2 is 1.80 bits per heavy atom. The number of ether oxygens (including phenoxy) is 1. The molecule has 9 heteroatoms. The fraction of sp³-hybridized carbons (Fsp3) is 0.387. The molecule has 2 heterocycles. The van der Waals surface area contributed by atoms with Crippen molar-refractivity contribution < 1.29 is 18.7 Å². The van der Waals surface area contributed by atoms with Crippen molar-refractivity contribution in [2.24, 2.45) is 5.41 Å². The molecule has 6 rings (SSSR count). The zero-order chi connectivity index (χ0) is 27.7. The Balaban J connectivity index is 1.26. The van der Waals surface area contributed by atoms with Gasteiger partial charge in [-0.15, -0.1) is 0 Å². The lowest BCUT2D eigenvalue weighted by molar-refractivity contribution is -0.126. The van der Waals surface area contributed by atoms with Gasteiger partial charge >= 0.3 is 0 Å². The third-order valence-corrected chi connectivity index (χ3v) is 8.36. The summed E-state index contributed by atoms with van der Waals surface area (Å²) in [5, 5.41) is 17.6. The van der Waals surface area contributed by atoms with E-state index in [2.05, 4.69) is 21.5 Å². The molecule has 2 aliphatic rings. The molecule has 0 atom stereocenters. The predicted molar refractivity (Wildman–Crippen MR) is 148 cm³/mol. The third-order valence-electron chi connectivity index (χ3n) is 8.36. The molecular formula is C31H31N5O4. The second-order valence-corrected chi connectivity index (χ2v) is 11.0. The van der Waals surface area contributed by atoms with Gasteiger partial charge in [0.15, 0.2) is 11.5 Å². The number of methoxy groups -OCH3 is 1. The average Bonchev–Trinajstić information content (AvgIpc) is 3.39. The van der Waals surface area contributed by atoms with Crippen LogP contribution < -0.4 is 10.1 Å². The van der Waals surface area contributed by atoms with E-state index < -0.39 is 16.9 Å². The Labute approximate surface area is 232 Å². The first-order valence-corrected chi connectivity index (χ1v) is 13.8. The molecule has 1 N–H and O–H groups in total. The van der Waals surface area contributed by atoms with Crippen molar-refractivity contribution in [3.05, 3.63) is 60.9 Å². The molecule has 2 aromatic carbocycles. The van der Waals surface area contributed by atoms with Crippen LogP contribution in [0, 0.1) is 16.7 Å². The van der Waals surface area contributed by atoms with E-state index >= 15 is 0 Å². The zero-order valence-corrected chi connectivity index (χ0v) is 22.5. The summed E-state index contributed by atoms with van der Waals surface area (Å²) in [6.07, 6.45) is 9.77. The number of ketones is 1. The van der Waals surface area contributed by atoms with Gasteiger partial charge in [-0.2, -0.15) is 10.4 Å². The molecule has 0 radical (unpaired) electrons.